The zero-order valence-electron chi connectivity index (χ0n) is 60.8. The predicted octanol–water partition coefficient (Wildman–Crippen LogP) is 23.0. The van der Waals surface area contributed by atoms with E-state index in [4.69, 9.17) is 52.8 Å². The average Bonchev–Trinajstić information content (AvgIpc) is 1.64. The number of aryl methyl sites for hydroxylation is 2. The molecule has 0 aliphatic heterocycles. The second-order valence-corrected chi connectivity index (χ2v) is 29.9. The van der Waals surface area contributed by atoms with Crippen molar-refractivity contribution in [1.29, 1.82) is 0 Å². The first-order chi connectivity index (χ1) is 51.4. The van der Waals surface area contributed by atoms with Crippen LogP contribution in [0.2, 0.25) is 0 Å². The van der Waals surface area contributed by atoms with Crippen LogP contribution < -0.4 is 0 Å². The SMILES string of the molecule is CC(C)(C)c1cc(-c2ccc3c4ccccc4n(-c4[c-]c(-c5ccccn5)ccc4)c3n2)c([S-])c(C(C)(C)C)c1.Cc1cc(C)c([S-])c(-c2ccc3c4ccccc4n(-c4[c-]c(-c5ccccn5)ccc4)c3n2)c1.[Pt+2].[Pt+2].[Pt+2].[S-]c1ccccc1-c1ccc2c3ccccc3n(-c3[c-]c(-c4ccccn4)ccc3)c2n1. The van der Waals surface area contributed by atoms with Crippen molar-refractivity contribution in [3.8, 4) is 84.6 Å². The Morgan fingerprint density at radius 3 is 1.06 bits per heavy atom. The second kappa shape index (κ2) is 32.3. The van der Waals surface area contributed by atoms with E-state index in [1.165, 1.54) is 16.7 Å². The van der Waals surface area contributed by atoms with Crippen LogP contribution in [0.25, 0.3) is 150 Å². The van der Waals surface area contributed by atoms with Gasteiger partial charge in [0.15, 0.2) is 0 Å². The monoisotopic (exact) mass is 2010 g/mol. The summed E-state index contributed by atoms with van der Waals surface area (Å²) in [4.78, 5) is 31.6. The van der Waals surface area contributed by atoms with Crippen molar-refractivity contribution in [2.75, 3.05) is 0 Å². The Kier molecular flexibility index (Phi) is 22.9. The quantitative estimate of drug-likeness (QED) is 0.103. The average molecular weight is 2010 g/mol. The van der Waals surface area contributed by atoms with Crippen molar-refractivity contribution in [3.63, 3.8) is 0 Å². The number of aromatic nitrogens is 9. The van der Waals surface area contributed by atoms with Crippen molar-refractivity contribution >= 4 is 104 Å². The summed E-state index contributed by atoms with van der Waals surface area (Å²) in [6.45, 7) is 17.6. The van der Waals surface area contributed by atoms with Crippen LogP contribution in [0.3, 0.4) is 0 Å². The smallest absolute Gasteiger partial charge is 0.779 e. The number of nitrogens with zero attached hydrogens (tertiary/aromatic N) is 9. The standard InChI is InChI=1S/C36H34N3S.C30H22N3S.C28H18N3S.3Pt/c1-35(2,3)24-21-28(33(40)29(22-24)36(4,5)6)31-18-17-27-26-14-7-8-16-32(26)39(34(27)38-31)25-13-11-12-23(20-25)30-15-9-10-19-37-30;1-19-16-20(2)29(34)25(17-19)27-14-13-24-23-10-3-4-12-28(23)33(30(24)32-27)22-9-7-8-21(18-22)26-11-5-6-15-31-26;32-27-14-4-2-11-23(27)25-16-15-22-21-10-1-3-13-26(21)31(28(22)30-25)20-9-7-8-19(18-20)24-12-5-6-17-29-24;;;/h7-19,21-22,40H,1-6H3;3-17,34H,1-2H3;1-17,32H;;;/q3*-1;3*+2/p-3. The number of hydrogen-bond donors (Lipinski definition) is 0. The molecule has 15 heteroatoms. The van der Waals surface area contributed by atoms with E-state index in [1.54, 1.807) is 12.4 Å². The number of hydrogen-bond acceptors (Lipinski definition) is 9. The van der Waals surface area contributed by atoms with Crippen LogP contribution in [-0.4, -0.2) is 43.6 Å². The normalized spacial score (nSPS) is 11.4. The largest absolute Gasteiger partial charge is 2.00 e. The third-order valence-electron chi connectivity index (χ3n) is 19.3. The third-order valence-corrected chi connectivity index (χ3v) is 20.7. The fourth-order valence-corrected chi connectivity index (χ4v) is 15.1. The van der Waals surface area contributed by atoms with Crippen molar-refractivity contribution in [2.45, 2.75) is 80.9 Å². The van der Waals surface area contributed by atoms with Gasteiger partial charge >= 0.3 is 63.2 Å². The first kappa shape index (κ1) is 77.2. The van der Waals surface area contributed by atoms with Gasteiger partial charge in [-0.05, 0) is 154 Å². The van der Waals surface area contributed by atoms with Gasteiger partial charge in [0.1, 0.15) is 16.9 Å². The van der Waals surface area contributed by atoms with Crippen molar-refractivity contribution in [3.05, 3.63) is 326 Å². The van der Waals surface area contributed by atoms with Crippen molar-refractivity contribution in [2.24, 2.45) is 0 Å². The molecule has 540 valence electrons. The Hall–Kier alpha value is -10.00. The number of fused-ring (bicyclic) bond motifs is 9. The van der Waals surface area contributed by atoms with E-state index in [1.807, 2.05) is 115 Å². The molecule has 0 radical (unpaired) electrons. The van der Waals surface area contributed by atoms with Crippen LogP contribution in [0.4, 0.5) is 0 Å². The Morgan fingerprint density at radius 2 is 0.679 bits per heavy atom. The maximum absolute atomic E-state index is 6.13. The topological polar surface area (TPSA) is 92.1 Å². The van der Waals surface area contributed by atoms with Gasteiger partial charge < -0.3 is 66.5 Å². The number of rotatable bonds is 9. The van der Waals surface area contributed by atoms with Crippen LogP contribution >= 0.6 is 0 Å². The number of benzene rings is 9. The molecule has 0 amide bonds. The molecule has 9 aromatic heterocycles. The molecule has 18 aromatic rings. The zero-order chi connectivity index (χ0) is 73.0. The molecular formula is C94H71N9Pt3S3. The van der Waals surface area contributed by atoms with Gasteiger partial charge in [0.2, 0.25) is 0 Å². The fourth-order valence-electron chi connectivity index (χ4n) is 14.1. The van der Waals surface area contributed by atoms with E-state index in [2.05, 4.69) is 260 Å². The summed E-state index contributed by atoms with van der Waals surface area (Å²) in [6, 6.07) is 102. The second-order valence-electron chi connectivity index (χ2n) is 28.6. The maximum atomic E-state index is 6.13. The van der Waals surface area contributed by atoms with E-state index in [9.17, 15) is 0 Å². The molecule has 0 aliphatic carbocycles. The van der Waals surface area contributed by atoms with Gasteiger partial charge in [-0.15, -0.1) is 89.5 Å². The van der Waals surface area contributed by atoms with Crippen LogP contribution in [0.15, 0.2) is 300 Å². The van der Waals surface area contributed by atoms with Gasteiger partial charge in [-0.2, -0.15) is 14.7 Å². The number of pyridine rings is 6. The summed E-state index contributed by atoms with van der Waals surface area (Å²) in [5.74, 6) is 0. The molecular weight excluding hydrogens is 1940 g/mol. The molecule has 9 nitrogen and oxygen atoms in total. The minimum absolute atomic E-state index is 0. The summed E-state index contributed by atoms with van der Waals surface area (Å²) in [7, 11) is 0. The predicted molar refractivity (Wildman–Crippen MR) is 442 cm³/mol. The molecule has 9 aromatic carbocycles. The Morgan fingerprint density at radius 1 is 0.312 bits per heavy atom. The summed E-state index contributed by atoms with van der Waals surface area (Å²) in [6.07, 6.45) is 5.42. The molecule has 109 heavy (non-hydrogen) atoms. The molecule has 0 atom stereocenters. The van der Waals surface area contributed by atoms with E-state index >= 15 is 0 Å². The first-order valence-electron chi connectivity index (χ1n) is 35.4. The fraction of sp³-hybridized carbons (Fsp3) is 0.106. The maximum Gasteiger partial charge on any atom is 2.00 e. The van der Waals surface area contributed by atoms with Gasteiger partial charge in [0.25, 0.3) is 0 Å². The third kappa shape index (κ3) is 15.3. The van der Waals surface area contributed by atoms with Crippen LogP contribution in [0.5, 0.6) is 0 Å². The molecule has 0 fully saturated rings. The molecule has 0 spiro atoms. The van der Waals surface area contributed by atoms with E-state index in [-0.39, 0.29) is 74.0 Å². The minimum Gasteiger partial charge on any atom is -0.779 e. The van der Waals surface area contributed by atoms with Gasteiger partial charge in [-0.25, -0.2) is 15.0 Å². The number of para-hydroxylation sites is 3. The molecule has 0 N–H and O–H groups in total. The van der Waals surface area contributed by atoms with Crippen LogP contribution in [0, 0.1) is 32.0 Å². The van der Waals surface area contributed by atoms with Crippen molar-refractivity contribution < 1.29 is 63.2 Å². The van der Waals surface area contributed by atoms with Gasteiger partial charge in [-0.1, -0.05) is 198 Å². The molecule has 9 heterocycles. The van der Waals surface area contributed by atoms with Gasteiger partial charge in [0.05, 0.1) is 33.6 Å². The molecule has 0 bridgehead atoms. The zero-order valence-corrected chi connectivity index (χ0v) is 70.1. The van der Waals surface area contributed by atoms with E-state index in [0.29, 0.717) is 0 Å². The van der Waals surface area contributed by atoms with Crippen LogP contribution in [0.1, 0.15) is 63.8 Å². The Balaban J connectivity index is 0.000000143. The molecule has 0 saturated heterocycles. The molecule has 0 saturated carbocycles. The molecule has 18 rings (SSSR count). The van der Waals surface area contributed by atoms with Gasteiger partial charge in [0, 0.05) is 50.9 Å². The van der Waals surface area contributed by atoms with Crippen molar-refractivity contribution in [1.82, 2.24) is 43.6 Å². The summed E-state index contributed by atoms with van der Waals surface area (Å²) in [5, 5.41) is 6.78. The van der Waals surface area contributed by atoms with Gasteiger partial charge in [-0.3, -0.25) is 0 Å². The summed E-state index contributed by atoms with van der Waals surface area (Å²) >= 11 is 17.4. The summed E-state index contributed by atoms with van der Waals surface area (Å²) in [5.41, 5.74) is 24.5. The van der Waals surface area contributed by atoms with E-state index < -0.39 is 0 Å². The first-order valence-corrected chi connectivity index (χ1v) is 36.6. The Bertz CT molecular complexity index is 6380. The summed E-state index contributed by atoms with van der Waals surface area (Å²) < 4.78 is 6.57. The van der Waals surface area contributed by atoms with Crippen LogP contribution in [-0.2, 0) is 112 Å². The molecule has 0 aliphatic rings. The minimum atomic E-state index is -0.0764. The Labute approximate surface area is 695 Å². The van der Waals surface area contributed by atoms with E-state index in [0.717, 1.165) is 171 Å². The molecule has 0 unspecified atom stereocenters.